The highest BCUT2D eigenvalue weighted by atomic mass is 31.0. The maximum absolute atomic E-state index is 12.5. The van der Waals surface area contributed by atoms with Crippen LogP contribution in [0.15, 0.2) is 77.8 Å². The lowest BCUT2D eigenvalue weighted by molar-refractivity contribution is -0.395. The molecule has 0 bridgehead atoms. The lowest BCUT2D eigenvalue weighted by atomic mass is 10.0. The summed E-state index contributed by atoms with van der Waals surface area (Å²) in [6.07, 6.45) is 0. The van der Waals surface area contributed by atoms with Crippen molar-refractivity contribution in [2.75, 3.05) is 55.3 Å². The quantitative estimate of drug-likeness (QED) is 0.0474. The van der Waals surface area contributed by atoms with Gasteiger partial charge in [0.1, 0.15) is 0 Å². The van der Waals surface area contributed by atoms with Gasteiger partial charge in [-0.05, 0) is 7.05 Å². The average Bonchev–Trinajstić information content (AvgIpc) is 1.60. The van der Waals surface area contributed by atoms with E-state index < -0.39 is 161 Å². The molecule has 42 nitrogen and oxygen atoms in total. The maximum Gasteiger partial charge on any atom is 0.286 e. The number of non-ortho nitro benzene ring substituents is 6. The second-order valence-electron chi connectivity index (χ2n) is 16.1. The third-order valence-corrected chi connectivity index (χ3v) is 12.0. The molecule has 3 aliphatic carbocycles. The molecule has 3 atom stereocenters. The molecule has 9 rings (SSSR count). The number of aliphatic hydroxyl groups excluding tert-OH is 3. The van der Waals surface area contributed by atoms with Gasteiger partial charge in [0, 0.05) is 102 Å². The summed E-state index contributed by atoms with van der Waals surface area (Å²) in [6.45, 7) is 5.25. The zero-order valence-corrected chi connectivity index (χ0v) is 52.7. The Kier molecular flexibility index (Phi) is 30.3. The molecule has 0 radical (unpaired) electrons. The number of aliphatic imine (C=N–C) groups is 1. The SMILES string of the molecule is CC.CN=C1c2c(cc([N+](=O)[O-])cc2[N+](=O)[O-])-c2cc([N+](=O)[O-])cc([N+](=O)[O-])c21.CNC1c2c(cc([N+](=O)[O-])cc2[N+](=O)[O-])-c2cc([N+](=O)[O-])cc([N+](=O)[O-])c21.CO.CO.CO.O=C1c2cc([N+](=O)[O-])cc([N+](=O)[O-])c2-c2c1cc([N+](=O)[O-])cc2[N+](=O)[O-].[3H]CP.[3H]CP.[3H]CP. The van der Waals surface area contributed by atoms with E-state index in [9.17, 15) is 126 Å². The van der Waals surface area contributed by atoms with Gasteiger partial charge in [-0.15, -0.1) is 27.7 Å². The van der Waals surface area contributed by atoms with E-state index >= 15 is 0 Å². The monoisotopic (exact) mass is 1380 g/mol. The van der Waals surface area contributed by atoms with Crippen molar-refractivity contribution in [2.24, 2.45) is 4.99 Å². The van der Waals surface area contributed by atoms with Crippen LogP contribution in [0.3, 0.4) is 0 Å². The molecule has 0 fully saturated rings. The lowest BCUT2D eigenvalue weighted by Crippen LogP contribution is -2.17. The van der Waals surface area contributed by atoms with Crippen molar-refractivity contribution in [1.29, 1.82) is 0 Å². The number of benzene rings is 6. The molecule has 0 aromatic heterocycles. The van der Waals surface area contributed by atoms with Crippen molar-refractivity contribution in [1.82, 2.24) is 5.32 Å². The molecule has 3 unspecified atom stereocenters. The van der Waals surface area contributed by atoms with E-state index in [0.29, 0.717) is 32.1 Å². The van der Waals surface area contributed by atoms with Crippen molar-refractivity contribution in [3.05, 3.63) is 228 Å². The number of hydrogen-bond donors (Lipinski definition) is 4. The Morgan fingerprint density at radius 3 is 0.745 bits per heavy atom. The second kappa shape index (κ2) is 37.1. The zero-order valence-electron chi connectivity index (χ0n) is 52.2. The third kappa shape index (κ3) is 17.1. The fourth-order valence-electron chi connectivity index (χ4n) is 8.99. The minimum absolute atomic E-state index is 0.0216. The number of hydrogen-bond acceptors (Lipinski definition) is 30. The Hall–Kier alpha value is -11.4. The number of nitro groups is 12. The molecule has 0 saturated carbocycles. The molecule has 6 aromatic carbocycles. The van der Waals surface area contributed by atoms with Gasteiger partial charge in [-0.1, -0.05) is 33.8 Å². The van der Waals surface area contributed by atoms with Crippen molar-refractivity contribution in [2.45, 2.75) is 19.9 Å². The molecular weight excluding hydrogens is 1330 g/mol. The summed E-state index contributed by atoms with van der Waals surface area (Å²) >= 11 is 0. The number of nitrogens with zero attached hydrogens (tertiary/aromatic N) is 13. The normalized spacial score (nSPS) is 10.9. The minimum Gasteiger partial charge on any atom is -0.400 e. The smallest absolute Gasteiger partial charge is 0.286 e. The van der Waals surface area contributed by atoms with E-state index in [1.165, 1.54) is 14.1 Å². The summed E-state index contributed by atoms with van der Waals surface area (Å²) in [5, 5.41) is 159. The molecule has 0 saturated heterocycles. The van der Waals surface area contributed by atoms with E-state index in [-0.39, 0.29) is 50.2 Å². The Bertz CT molecular complexity index is 3900. The Morgan fingerprint density at radius 1 is 0.362 bits per heavy atom. The predicted octanol–water partition coefficient (Wildman–Crippen LogP) is 9.23. The number of nitrogens with one attached hydrogen (secondary N) is 1. The minimum atomic E-state index is -1.03. The highest BCUT2D eigenvalue weighted by Gasteiger charge is 2.45. The highest BCUT2D eigenvalue weighted by Crippen LogP contribution is 2.54. The fraction of sp³-hybridized carbons (Fsp3) is 0.224. The van der Waals surface area contributed by atoms with Gasteiger partial charge < -0.3 is 20.6 Å². The van der Waals surface area contributed by atoms with Crippen LogP contribution in [0.25, 0.3) is 33.4 Å². The van der Waals surface area contributed by atoms with Gasteiger partial charge in [0.05, 0.1) is 141 Å². The van der Waals surface area contributed by atoms with Crippen LogP contribution in [0, 0.1) is 121 Å². The van der Waals surface area contributed by atoms with Crippen LogP contribution in [-0.2, 0) is 0 Å². The first-order valence-corrected chi connectivity index (χ1v) is 27.0. The third-order valence-electron chi connectivity index (χ3n) is 12.0. The van der Waals surface area contributed by atoms with Gasteiger partial charge in [0.2, 0.25) is 0 Å². The standard InChI is InChI=1S/C14H9N5O8.C14H7N5O8.C13H4N4O9.C2H6.3CH4O.3CH5P/c2*1-15-14-12-8(2-6(16(20)21)4-10(12)18(24)25)9-3-7(17(22)23)5-11(13(9)14)19(26)27;18-13-7-1-5(14(19)20)3-9(16(23)24)11(7)12-8(13)2-6(15(21)22)4-10(12)17(25)26;7*1-2/h2-5,14-15H,1H3;2-5H,1H3;1-4H;1-2H3;3*2H,1H3;3*2H2,1H3/i;;;;;;;3*1T. The molecule has 45 heteroatoms. The summed E-state index contributed by atoms with van der Waals surface area (Å²) in [7, 11) is 12.4. The first kappa shape index (κ1) is 76.8. The number of aliphatic hydroxyl groups is 3. The summed E-state index contributed by atoms with van der Waals surface area (Å²) < 4.78 is 18.5. The summed E-state index contributed by atoms with van der Waals surface area (Å²) in [4.78, 5) is 140. The number of carbonyl (C=O) groups is 1. The first-order chi connectivity index (χ1) is 45.7. The van der Waals surface area contributed by atoms with E-state index in [1.54, 1.807) is 0 Å². The van der Waals surface area contributed by atoms with Gasteiger partial charge >= 0.3 is 0 Å². The number of carbonyl (C=O) groups excluding carboxylic acids is 1. The van der Waals surface area contributed by atoms with Crippen LogP contribution in [-0.4, -0.2) is 141 Å². The molecule has 0 heterocycles. The molecular formula is C49H53N14O28P3. The van der Waals surface area contributed by atoms with Crippen LogP contribution in [0.2, 0.25) is 0 Å². The van der Waals surface area contributed by atoms with Crippen LogP contribution >= 0.6 is 27.7 Å². The number of fused-ring (bicyclic) bond motifs is 9. The predicted molar refractivity (Wildman–Crippen MR) is 344 cm³/mol. The second-order valence-corrected chi connectivity index (χ2v) is 16.1. The molecule has 4 N–H and O–H groups in total. The van der Waals surface area contributed by atoms with Crippen LogP contribution in [0.4, 0.5) is 68.2 Å². The summed E-state index contributed by atoms with van der Waals surface area (Å²) in [5.41, 5.74) is -11.0. The van der Waals surface area contributed by atoms with Crippen molar-refractivity contribution < 1.29 is 83.3 Å². The van der Waals surface area contributed by atoms with E-state index in [0.717, 1.165) is 82.0 Å². The van der Waals surface area contributed by atoms with E-state index in [1.807, 2.05) is 13.8 Å². The van der Waals surface area contributed by atoms with Crippen LogP contribution in [0.5, 0.6) is 0 Å². The van der Waals surface area contributed by atoms with Gasteiger partial charge in [-0.25, -0.2) is 0 Å². The van der Waals surface area contributed by atoms with Crippen molar-refractivity contribution in [3.8, 4) is 33.4 Å². The summed E-state index contributed by atoms with van der Waals surface area (Å²) in [5.74, 6) is -1.01. The highest BCUT2D eigenvalue weighted by molar-refractivity contribution is 7.15. The van der Waals surface area contributed by atoms with Crippen molar-refractivity contribution in [3.63, 3.8) is 0 Å². The largest absolute Gasteiger partial charge is 0.400 e. The molecule has 0 spiro atoms. The zero-order chi connectivity index (χ0) is 75.5. The van der Waals surface area contributed by atoms with Crippen LogP contribution < -0.4 is 5.32 Å². The fourth-order valence-corrected chi connectivity index (χ4v) is 8.99. The van der Waals surface area contributed by atoms with Gasteiger partial charge in [-0.3, -0.25) is 131 Å². The molecule has 0 aliphatic heterocycles. The topological polar surface area (TPSA) is 620 Å². The van der Waals surface area contributed by atoms with E-state index in [2.05, 4.69) is 38.0 Å². The molecule has 94 heavy (non-hydrogen) atoms. The number of ketones is 1. The molecule has 0 amide bonds. The average molecular weight is 1380 g/mol. The van der Waals surface area contributed by atoms with Crippen LogP contribution in [0.1, 0.15) is 62.2 Å². The molecule has 3 aliphatic rings. The first-order valence-electron chi connectivity index (χ1n) is 26.7. The summed E-state index contributed by atoms with van der Waals surface area (Å²) in [6, 6.07) is 8.57. The molecule has 6 aromatic rings. The van der Waals surface area contributed by atoms with Gasteiger partial charge in [0.15, 0.2) is 5.78 Å². The van der Waals surface area contributed by atoms with Gasteiger partial charge in [0.25, 0.3) is 68.2 Å². The maximum atomic E-state index is 12.5. The Labute approximate surface area is 536 Å². The Morgan fingerprint density at radius 2 is 0.553 bits per heavy atom. The molecule has 502 valence electrons. The number of rotatable bonds is 13. The van der Waals surface area contributed by atoms with Crippen molar-refractivity contribution >= 4 is 107 Å². The number of nitro benzene ring substituents is 12. The van der Waals surface area contributed by atoms with E-state index in [4.69, 9.17) is 19.4 Å². The van der Waals surface area contributed by atoms with Gasteiger partial charge in [-0.2, -0.15) is 0 Å². The lowest BCUT2D eigenvalue weighted by Gasteiger charge is -2.12. The Balaban J connectivity index is 0.00000128.